The van der Waals surface area contributed by atoms with E-state index in [0.717, 1.165) is 12.6 Å². The fourth-order valence-corrected chi connectivity index (χ4v) is 5.06. The van der Waals surface area contributed by atoms with Crippen LogP contribution in [0, 0.1) is 17.5 Å². The van der Waals surface area contributed by atoms with Gasteiger partial charge in [0.25, 0.3) is 0 Å². The summed E-state index contributed by atoms with van der Waals surface area (Å²) in [4.78, 5) is 22.2. The highest BCUT2D eigenvalue weighted by Crippen LogP contribution is 2.43. The lowest BCUT2D eigenvalue weighted by atomic mass is 9.97. The van der Waals surface area contributed by atoms with Crippen LogP contribution in [0.5, 0.6) is 5.75 Å². The summed E-state index contributed by atoms with van der Waals surface area (Å²) in [5.74, 6) is -1.57. The van der Waals surface area contributed by atoms with E-state index in [2.05, 4.69) is 34.0 Å². The number of hydrogen-bond acceptors (Lipinski definition) is 5. The zero-order valence-corrected chi connectivity index (χ0v) is 22.4. The maximum Gasteiger partial charge on any atom is 0.244 e. The first-order chi connectivity index (χ1) is 18.5. The molecule has 0 bridgehead atoms. The normalized spacial score (nSPS) is 17.2. The molecule has 0 saturated heterocycles. The van der Waals surface area contributed by atoms with Crippen LogP contribution < -0.4 is 15.0 Å². The molecule has 1 N–H and O–H groups in total. The molecule has 0 spiro atoms. The topological polar surface area (TPSA) is 67.3 Å². The van der Waals surface area contributed by atoms with Crippen LogP contribution in [-0.2, 0) is 11.2 Å². The molecule has 1 amide bonds. The van der Waals surface area contributed by atoms with Crippen LogP contribution >= 0.6 is 0 Å². The summed E-state index contributed by atoms with van der Waals surface area (Å²) < 4.78 is 51.2. The van der Waals surface area contributed by atoms with E-state index in [1.807, 2.05) is 13.8 Å². The van der Waals surface area contributed by atoms with Crippen molar-refractivity contribution in [1.82, 2.24) is 15.3 Å². The molecular formula is C30H31F3N4O2. The Morgan fingerprint density at radius 2 is 1.92 bits per heavy atom. The summed E-state index contributed by atoms with van der Waals surface area (Å²) in [6.45, 7) is 8.95. The predicted molar refractivity (Wildman–Crippen MR) is 144 cm³/mol. The molecule has 0 fully saturated rings. The van der Waals surface area contributed by atoms with Crippen molar-refractivity contribution < 1.29 is 22.7 Å². The Hall–Kier alpha value is -3.88. The Morgan fingerprint density at radius 3 is 2.64 bits per heavy atom. The Balaban J connectivity index is 1.47. The molecule has 6 nitrogen and oxygen atoms in total. The van der Waals surface area contributed by atoms with Gasteiger partial charge in [0.15, 0.2) is 17.4 Å². The molecule has 2 aliphatic heterocycles. The molecule has 9 heteroatoms. The predicted octanol–water partition coefficient (Wildman–Crippen LogP) is 5.83. The van der Waals surface area contributed by atoms with Gasteiger partial charge in [0.05, 0.1) is 18.4 Å². The Morgan fingerprint density at radius 1 is 1.13 bits per heavy atom. The first-order valence-electron chi connectivity index (χ1n) is 13.1. The number of nitrogens with zero attached hydrogens (tertiary/aromatic N) is 3. The molecule has 0 radical (unpaired) electrons. The summed E-state index contributed by atoms with van der Waals surface area (Å²) in [7, 11) is 0. The van der Waals surface area contributed by atoms with Crippen LogP contribution in [0.4, 0.5) is 18.9 Å². The van der Waals surface area contributed by atoms with Crippen molar-refractivity contribution in [3.8, 4) is 17.0 Å². The molecule has 3 aromatic rings. The van der Waals surface area contributed by atoms with E-state index in [1.165, 1.54) is 18.2 Å². The van der Waals surface area contributed by atoms with E-state index in [1.54, 1.807) is 18.2 Å². The molecule has 2 aromatic carbocycles. The van der Waals surface area contributed by atoms with Crippen LogP contribution in [0.3, 0.4) is 0 Å². The standard InChI is InChI=1S/C30H31F3N4O2/c1-5-17(2)37-16-30(3,4)39-29-23(32)12-20(13-25(29)37)28-24(33)15-35-26(36-28)11-18-6-7-21(22(31)10-18)19-8-9-34-27(38)14-19/h6-7,10,12-15,17H,5,8-9,11,16H2,1-4H3,(H,34,38). The number of carbonyl (C=O) groups is 1. The highest BCUT2D eigenvalue weighted by Gasteiger charge is 2.36. The Labute approximate surface area is 225 Å². The first kappa shape index (κ1) is 26.7. The minimum absolute atomic E-state index is 0.0360. The van der Waals surface area contributed by atoms with E-state index in [0.29, 0.717) is 41.9 Å². The van der Waals surface area contributed by atoms with E-state index >= 15 is 4.39 Å². The fraction of sp³-hybridized carbons (Fsp3) is 0.367. The SMILES string of the molecule is CCC(C)N1CC(C)(C)Oc2c(F)cc(-c3nc(Cc4ccc(C5=CC(=O)NCC5)c(F)c4)ncc3F)cc21. The number of carbonyl (C=O) groups excluding carboxylic acids is 1. The van der Waals surface area contributed by atoms with Crippen LogP contribution in [0.15, 0.2) is 42.6 Å². The average molecular weight is 537 g/mol. The largest absolute Gasteiger partial charge is 0.481 e. The van der Waals surface area contributed by atoms with Gasteiger partial charge < -0.3 is 15.0 Å². The second-order valence-corrected chi connectivity index (χ2v) is 10.7. The lowest BCUT2D eigenvalue weighted by Crippen LogP contribution is -2.50. The molecule has 204 valence electrons. The molecular weight excluding hydrogens is 505 g/mol. The number of anilines is 1. The molecule has 1 atom stereocenters. The van der Waals surface area contributed by atoms with E-state index in [9.17, 15) is 13.6 Å². The number of ether oxygens (including phenoxy) is 1. The van der Waals surface area contributed by atoms with Gasteiger partial charge in [0, 0.05) is 36.2 Å². The molecule has 1 unspecified atom stereocenters. The second-order valence-electron chi connectivity index (χ2n) is 10.7. The van der Waals surface area contributed by atoms with E-state index in [4.69, 9.17) is 4.74 Å². The van der Waals surface area contributed by atoms with Gasteiger partial charge in [-0.25, -0.2) is 23.1 Å². The highest BCUT2D eigenvalue weighted by atomic mass is 19.1. The second kappa shape index (κ2) is 10.4. The number of amides is 1. The Kier molecular flexibility index (Phi) is 7.09. The number of aromatic nitrogens is 2. The quantitative estimate of drug-likeness (QED) is 0.429. The number of nitrogens with one attached hydrogen (secondary N) is 1. The van der Waals surface area contributed by atoms with Gasteiger partial charge in [-0.1, -0.05) is 19.1 Å². The molecule has 2 aliphatic rings. The highest BCUT2D eigenvalue weighted by molar-refractivity contribution is 5.97. The minimum Gasteiger partial charge on any atom is -0.481 e. The number of rotatable bonds is 6. The summed E-state index contributed by atoms with van der Waals surface area (Å²) in [5, 5.41) is 2.69. The van der Waals surface area contributed by atoms with Crippen molar-refractivity contribution in [3.05, 3.63) is 77.0 Å². The third-order valence-electron chi connectivity index (χ3n) is 7.19. The lowest BCUT2D eigenvalue weighted by Gasteiger charge is -2.44. The van der Waals surface area contributed by atoms with Crippen molar-refractivity contribution in [2.45, 2.75) is 58.6 Å². The number of benzene rings is 2. The van der Waals surface area contributed by atoms with Crippen molar-refractivity contribution in [2.24, 2.45) is 0 Å². The summed E-state index contributed by atoms with van der Waals surface area (Å²) in [6.07, 6.45) is 3.99. The van der Waals surface area contributed by atoms with Crippen LogP contribution in [0.25, 0.3) is 16.8 Å². The number of hydrogen-bond donors (Lipinski definition) is 1. The Bertz CT molecular complexity index is 1470. The third kappa shape index (κ3) is 5.48. The van der Waals surface area contributed by atoms with E-state index in [-0.39, 0.29) is 41.2 Å². The van der Waals surface area contributed by atoms with Crippen LogP contribution in [0.1, 0.15) is 57.5 Å². The maximum atomic E-state index is 15.4. The van der Waals surface area contributed by atoms with Gasteiger partial charge in [-0.2, -0.15) is 0 Å². The molecule has 1 aromatic heterocycles. The molecule has 39 heavy (non-hydrogen) atoms. The fourth-order valence-electron chi connectivity index (χ4n) is 5.06. The zero-order valence-electron chi connectivity index (χ0n) is 22.4. The minimum atomic E-state index is -0.686. The van der Waals surface area contributed by atoms with Gasteiger partial charge in [-0.15, -0.1) is 0 Å². The number of fused-ring (bicyclic) bond motifs is 1. The van der Waals surface area contributed by atoms with Crippen molar-refractivity contribution in [2.75, 3.05) is 18.0 Å². The van der Waals surface area contributed by atoms with Crippen molar-refractivity contribution >= 4 is 17.2 Å². The van der Waals surface area contributed by atoms with Gasteiger partial charge in [0.2, 0.25) is 5.91 Å². The monoisotopic (exact) mass is 536 g/mol. The van der Waals surface area contributed by atoms with Crippen molar-refractivity contribution in [3.63, 3.8) is 0 Å². The van der Waals surface area contributed by atoms with Gasteiger partial charge in [-0.05, 0) is 62.9 Å². The summed E-state index contributed by atoms with van der Waals surface area (Å²) in [5.41, 5.74) is 1.80. The van der Waals surface area contributed by atoms with Gasteiger partial charge >= 0.3 is 0 Å². The average Bonchev–Trinajstić information content (AvgIpc) is 2.89. The van der Waals surface area contributed by atoms with Gasteiger partial charge in [-0.3, -0.25) is 4.79 Å². The third-order valence-corrected chi connectivity index (χ3v) is 7.19. The molecule has 3 heterocycles. The summed E-state index contributed by atoms with van der Waals surface area (Å²) in [6, 6.07) is 7.79. The molecule has 5 rings (SSSR count). The number of halogens is 3. The zero-order chi connectivity index (χ0) is 27.9. The van der Waals surface area contributed by atoms with E-state index < -0.39 is 23.1 Å². The van der Waals surface area contributed by atoms with Crippen LogP contribution in [-0.4, -0.2) is 40.6 Å². The smallest absolute Gasteiger partial charge is 0.244 e. The molecule has 0 saturated carbocycles. The lowest BCUT2D eigenvalue weighted by molar-refractivity contribution is -0.116. The van der Waals surface area contributed by atoms with Crippen LogP contribution in [0.2, 0.25) is 0 Å². The maximum absolute atomic E-state index is 15.4. The van der Waals surface area contributed by atoms with Gasteiger partial charge in [0.1, 0.15) is 22.9 Å². The summed E-state index contributed by atoms with van der Waals surface area (Å²) >= 11 is 0. The molecule has 0 aliphatic carbocycles. The van der Waals surface area contributed by atoms with Crippen molar-refractivity contribution in [1.29, 1.82) is 0 Å². The first-order valence-corrected chi connectivity index (χ1v) is 13.1.